The molecule has 0 atom stereocenters. The highest BCUT2D eigenvalue weighted by Crippen LogP contribution is 2.25. The molecule has 6 heteroatoms. The van der Waals surface area contributed by atoms with Crippen LogP contribution in [0.25, 0.3) is 0 Å². The molecule has 5 N–H and O–H groups in total. The quantitative estimate of drug-likeness (QED) is 0.392. The van der Waals surface area contributed by atoms with Crippen LogP contribution in [0.2, 0.25) is 0 Å². The molecule has 5 nitrogen and oxygen atoms in total. The van der Waals surface area contributed by atoms with E-state index < -0.39 is 0 Å². The fourth-order valence-corrected chi connectivity index (χ4v) is 1.75. The molecule has 2 rings (SSSR count). The first-order valence-corrected chi connectivity index (χ1v) is 6.19. The van der Waals surface area contributed by atoms with Gasteiger partial charge in [-0.15, -0.1) is 0 Å². The van der Waals surface area contributed by atoms with Gasteiger partial charge in [0.25, 0.3) is 0 Å². The third-order valence-corrected chi connectivity index (χ3v) is 2.65. The Hall–Kier alpha value is -2.60. The van der Waals surface area contributed by atoms with Crippen LogP contribution in [-0.2, 0) is 0 Å². The molecule has 0 spiro atoms. The largest absolute Gasteiger partial charge is 0.508 e. The second kappa shape index (κ2) is 6.03. The Labute approximate surface area is 121 Å². The second-order valence-corrected chi connectivity index (χ2v) is 4.44. The van der Waals surface area contributed by atoms with Crippen LogP contribution in [0.3, 0.4) is 0 Å². The zero-order valence-corrected chi connectivity index (χ0v) is 11.3. The molecule has 0 bridgehead atoms. The lowest BCUT2D eigenvalue weighted by Gasteiger charge is -2.10. The normalized spacial score (nSPS) is 11.1. The van der Waals surface area contributed by atoms with Crippen molar-refractivity contribution in [1.82, 2.24) is 5.43 Å². The first kappa shape index (κ1) is 13.8. The Bertz CT molecular complexity index is 657. The lowest BCUT2D eigenvalue weighted by atomic mass is 10.0. The van der Waals surface area contributed by atoms with Gasteiger partial charge in [0, 0.05) is 17.2 Å². The van der Waals surface area contributed by atoms with Crippen molar-refractivity contribution in [3.8, 4) is 11.5 Å². The molecule has 0 radical (unpaired) electrons. The Kier molecular flexibility index (Phi) is 4.17. The van der Waals surface area contributed by atoms with Crippen LogP contribution in [0.1, 0.15) is 11.1 Å². The summed E-state index contributed by atoms with van der Waals surface area (Å²) >= 11 is 4.72. The van der Waals surface area contributed by atoms with Gasteiger partial charge in [-0.1, -0.05) is 30.3 Å². The molecular formula is C14H13N3O2S. The number of nitrogens with one attached hydrogen (secondary N) is 1. The summed E-state index contributed by atoms with van der Waals surface area (Å²) in [7, 11) is 0. The summed E-state index contributed by atoms with van der Waals surface area (Å²) in [5.41, 5.74) is 9.58. The number of phenolic OH excluding ortho intramolecular Hbond substituents is 2. The van der Waals surface area contributed by atoms with Gasteiger partial charge in [-0.25, -0.2) is 0 Å². The average Bonchev–Trinajstić information content (AvgIpc) is 2.42. The number of hydrogen-bond donors (Lipinski definition) is 4. The summed E-state index contributed by atoms with van der Waals surface area (Å²) in [6.07, 6.45) is 0. The van der Waals surface area contributed by atoms with E-state index in [1.54, 1.807) is 6.07 Å². The predicted molar refractivity (Wildman–Crippen MR) is 81.8 cm³/mol. The number of thiocarbonyl (C=S) groups is 1. The smallest absolute Gasteiger partial charge is 0.184 e. The number of nitrogens with two attached hydrogens (primary N) is 1. The van der Waals surface area contributed by atoms with Crippen LogP contribution in [0.15, 0.2) is 53.6 Å². The van der Waals surface area contributed by atoms with Gasteiger partial charge in [0.2, 0.25) is 0 Å². The molecule has 20 heavy (non-hydrogen) atoms. The maximum atomic E-state index is 9.96. The van der Waals surface area contributed by atoms with Gasteiger partial charge in [-0.2, -0.15) is 5.10 Å². The molecule has 0 aliphatic rings. The lowest BCUT2D eigenvalue weighted by Crippen LogP contribution is -2.26. The topological polar surface area (TPSA) is 90.9 Å². The van der Waals surface area contributed by atoms with Crippen LogP contribution in [0.5, 0.6) is 11.5 Å². The average molecular weight is 287 g/mol. The number of nitrogens with zero attached hydrogens (tertiary/aromatic N) is 1. The number of hydrogen-bond acceptors (Lipinski definition) is 4. The second-order valence-electron chi connectivity index (χ2n) is 4.00. The summed E-state index contributed by atoms with van der Waals surface area (Å²) in [5, 5.41) is 23.4. The summed E-state index contributed by atoms with van der Waals surface area (Å²) in [6, 6.07) is 13.5. The zero-order valence-electron chi connectivity index (χ0n) is 10.4. The zero-order chi connectivity index (χ0) is 14.5. The van der Waals surface area contributed by atoms with E-state index in [0.717, 1.165) is 5.56 Å². The van der Waals surface area contributed by atoms with Gasteiger partial charge in [0.15, 0.2) is 5.11 Å². The SMILES string of the molecule is NC(=S)N/N=C(\c1ccccc1)c1ccc(O)cc1O. The molecule has 0 saturated carbocycles. The summed E-state index contributed by atoms with van der Waals surface area (Å²) in [5.74, 6) is -0.113. The van der Waals surface area contributed by atoms with Gasteiger partial charge in [-0.05, 0) is 24.4 Å². The Morgan fingerprint density at radius 2 is 1.80 bits per heavy atom. The van der Waals surface area contributed by atoms with E-state index >= 15 is 0 Å². The number of benzene rings is 2. The fraction of sp³-hybridized carbons (Fsp3) is 0. The monoisotopic (exact) mass is 287 g/mol. The highest BCUT2D eigenvalue weighted by molar-refractivity contribution is 7.80. The minimum absolute atomic E-state index is 0.0247. The van der Waals surface area contributed by atoms with Crippen molar-refractivity contribution in [2.45, 2.75) is 0 Å². The van der Waals surface area contributed by atoms with Gasteiger partial charge in [0.05, 0.1) is 0 Å². The maximum absolute atomic E-state index is 9.96. The fourth-order valence-electron chi connectivity index (χ4n) is 1.71. The molecule has 0 aliphatic heterocycles. The van der Waals surface area contributed by atoms with E-state index in [-0.39, 0.29) is 16.6 Å². The number of aromatic hydroxyl groups is 2. The highest BCUT2D eigenvalue weighted by atomic mass is 32.1. The van der Waals surface area contributed by atoms with Crippen LogP contribution in [0, 0.1) is 0 Å². The van der Waals surface area contributed by atoms with Crippen molar-refractivity contribution in [3.05, 3.63) is 59.7 Å². The van der Waals surface area contributed by atoms with E-state index in [4.69, 9.17) is 18.0 Å². The predicted octanol–water partition coefficient (Wildman–Crippen LogP) is 1.68. The number of hydrazone groups is 1. The summed E-state index contributed by atoms with van der Waals surface area (Å²) in [4.78, 5) is 0. The molecule has 0 amide bonds. The van der Waals surface area contributed by atoms with Crippen molar-refractivity contribution in [2.75, 3.05) is 0 Å². The van der Waals surface area contributed by atoms with Gasteiger partial charge < -0.3 is 15.9 Å². The standard InChI is InChI=1S/C14H13N3O2S/c15-14(20)17-16-13(9-4-2-1-3-5-9)11-7-6-10(18)8-12(11)19/h1-8,18-19H,(H3,15,17,20)/b16-13+. The van der Waals surface area contributed by atoms with E-state index in [0.29, 0.717) is 11.3 Å². The Morgan fingerprint density at radius 3 is 2.40 bits per heavy atom. The third kappa shape index (κ3) is 3.24. The molecule has 2 aromatic rings. The van der Waals surface area contributed by atoms with Crippen molar-refractivity contribution >= 4 is 23.0 Å². The molecule has 102 valence electrons. The molecule has 2 aromatic carbocycles. The highest BCUT2D eigenvalue weighted by Gasteiger charge is 2.12. The molecule has 0 saturated heterocycles. The molecule has 0 fully saturated rings. The number of phenols is 2. The van der Waals surface area contributed by atoms with E-state index in [1.165, 1.54) is 12.1 Å². The minimum atomic E-state index is -0.0858. The molecule has 0 aromatic heterocycles. The molecule has 0 unspecified atom stereocenters. The van der Waals surface area contributed by atoms with Gasteiger partial charge in [-0.3, -0.25) is 5.43 Å². The molecular weight excluding hydrogens is 274 g/mol. The van der Waals surface area contributed by atoms with Crippen molar-refractivity contribution in [2.24, 2.45) is 10.8 Å². The van der Waals surface area contributed by atoms with E-state index in [1.807, 2.05) is 30.3 Å². The summed E-state index contributed by atoms with van der Waals surface area (Å²) < 4.78 is 0. The molecule has 0 aliphatic carbocycles. The van der Waals surface area contributed by atoms with Crippen molar-refractivity contribution < 1.29 is 10.2 Å². The minimum Gasteiger partial charge on any atom is -0.508 e. The lowest BCUT2D eigenvalue weighted by molar-refractivity contribution is 0.450. The first-order chi connectivity index (χ1) is 9.58. The number of rotatable bonds is 3. The van der Waals surface area contributed by atoms with E-state index in [9.17, 15) is 10.2 Å². The van der Waals surface area contributed by atoms with Crippen LogP contribution < -0.4 is 11.2 Å². The molecule has 0 heterocycles. The maximum Gasteiger partial charge on any atom is 0.184 e. The Morgan fingerprint density at radius 1 is 1.10 bits per heavy atom. The van der Waals surface area contributed by atoms with Crippen molar-refractivity contribution in [3.63, 3.8) is 0 Å². The Balaban J connectivity index is 2.52. The van der Waals surface area contributed by atoms with Crippen LogP contribution in [0.4, 0.5) is 0 Å². The van der Waals surface area contributed by atoms with E-state index in [2.05, 4.69) is 10.5 Å². The third-order valence-electron chi connectivity index (χ3n) is 2.56. The first-order valence-electron chi connectivity index (χ1n) is 5.79. The van der Waals surface area contributed by atoms with Crippen LogP contribution >= 0.6 is 12.2 Å². The van der Waals surface area contributed by atoms with Crippen molar-refractivity contribution in [1.29, 1.82) is 0 Å². The van der Waals surface area contributed by atoms with Gasteiger partial charge >= 0.3 is 0 Å². The van der Waals surface area contributed by atoms with Gasteiger partial charge in [0.1, 0.15) is 17.2 Å². The van der Waals surface area contributed by atoms with Crippen LogP contribution in [-0.4, -0.2) is 21.0 Å². The summed E-state index contributed by atoms with van der Waals surface area (Å²) in [6.45, 7) is 0.